The number of benzene rings is 2. The monoisotopic (exact) mass is 461 g/mol. The maximum absolute atomic E-state index is 11.6. The summed E-state index contributed by atoms with van der Waals surface area (Å²) in [5, 5.41) is 4.20. The maximum atomic E-state index is 11.6. The Hall–Kier alpha value is -1.95. The van der Waals surface area contributed by atoms with E-state index in [1.807, 2.05) is 24.3 Å². The molecule has 31 heavy (non-hydrogen) atoms. The van der Waals surface area contributed by atoms with Crippen molar-refractivity contribution >= 4 is 40.5 Å². The molecule has 0 radical (unpaired) electrons. The van der Waals surface area contributed by atoms with Gasteiger partial charge in [-0.1, -0.05) is 35.3 Å². The highest BCUT2D eigenvalue weighted by molar-refractivity contribution is 6.43. The van der Waals surface area contributed by atoms with Crippen LogP contribution in [0.2, 0.25) is 10.0 Å². The molecule has 1 saturated heterocycles. The molecule has 2 aliphatic rings. The molecule has 0 aromatic heterocycles. The number of unbranched alkanes of at least 4 members (excludes halogenated alkanes) is 1. The Balaban J connectivity index is 1.17. The number of carbonyl (C=O) groups is 1. The van der Waals surface area contributed by atoms with Crippen molar-refractivity contribution in [3.05, 3.63) is 51.5 Å². The molecule has 5 nitrogen and oxygen atoms in total. The van der Waals surface area contributed by atoms with Crippen molar-refractivity contribution in [1.82, 2.24) is 4.90 Å². The van der Waals surface area contributed by atoms with Crippen LogP contribution in [0.3, 0.4) is 0 Å². The first-order valence-corrected chi connectivity index (χ1v) is 11.7. The molecule has 2 aliphatic heterocycles. The number of rotatable bonds is 7. The number of fused-ring (bicyclic) bond motifs is 1. The van der Waals surface area contributed by atoms with Gasteiger partial charge in [-0.2, -0.15) is 0 Å². The average Bonchev–Trinajstić information content (AvgIpc) is 2.77. The number of amides is 1. The Morgan fingerprint density at radius 3 is 2.65 bits per heavy atom. The third-order valence-corrected chi connectivity index (χ3v) is 6.87. The van der Waals surface area contributed by atoms with Gasteiger partial charge in [-0.05, 0) is 56.0 Å². The predicted molar refractivity (Wildman–Crippen MR) is 128 cm³/mol. The largest absolute Gasteiger partial charge is 0.494 e. The summed E-state index contributed by atoms with van der Waals surface area (Å²) in [5.74, 6) is 0.904. The highest BCUT2D eigenvalue weighted by Crippen LogP contribution is 2.36. The lowest BCUT2D eigenvalue weighted by atomic mass is 10.0. The minimum Gasteiger partial charge on any atom is -0.494 e. The van der Waals surface area contributed by atoms with Crippen LogP contribution in [0.5, 0.6) is 5.75 Å². The third-order valence-electron chi connectivity index (χ3n) is 6.07. The van der Waals surface area contributed by atoms with Gasteiger partial charge in [-0.3, -0.25) is 9.69 Å². The maximum Gasteiger partial charge on any atom is 0.224 e. The van der Waals surface area contributed by atoms with Crippen molar-refractivity contribution in [2.24, 2.45) is 0 Å². The first kappa shape index (κ1) is 22.3. The van der Waals surface area contributed by atoms with Crippen molar-refractivity contribution in [1.29, 1.82) is 0 Å². The van der Waals surface area contributed by atoms with Crippen molar-refractivity contribution in [3.8, 4) is 5.75 Å². The van der Waals surface area contributed by atoms with Gasteiger partial charge in [-0.25, -0.2) is 0 Å². The van der Waals surface area contributed by atoms with Crippen LogP contribution in [0.1, 0.15) is 30.4 Å². The standard InChI is InChI=1S/C24H29Cl2N3O2/c1-17-4-8-20(25)23(26)24(17)29-13-11-28(12-14-29)10-2-3-15-31-19-7-5-18-6-9-22(30)27-21(18)16-19/h4-5,7-8,16H,2-3,6,9-15H2,1H3,(H,27,30). The number of anilines is 2. The number of aryl methyl sites for hydroxylation is 2. The van der Waals surface area contributed by atoms with Crippen LogP contribution in [0.4, 0.5) is 11.4 Å². The second-order valence-electron chi connectivity index (χ2n) is 8.28. The summed E-state index contributed by atoms with van der Waals surface area (Å²) in [4.78, 5) is 16.4. The van der Waals surface area contributed by atoms with Gasteiger partial charge in [0.05, 0.1) is 22.3 Å². The molecule has 1 amide bonds. The number of hydrogen-bond acceptors (Lipinski definition) is 4. The van der Waals surface area contributed by atoms with E-state index in [-0.39, 0.29) is 5.91 Å². The fraction of sp³-hybridized carbons (Fsp3) is 0.458. The molecular weight excluding hydrogens is 433 g/mol. The Bertz CT molecular complexity index is 943. The molecule has 7 heteroatoms. The van der Waals surface area contributed by atoms with Crippen molar-refractivity contribution in [2.75, 3.05) is 49.5 Å². The molecule has 0 saturated carbocycles. The zero-order valence-corrected chi connectivity index (χ0v) is 19.4. The van der Waals surface area contributed by atoms with Gasteiger partial charge in [0.25, 0.3) is 0 Å². The van der Waals surface area contributed by atoms with Crippen molar-refractivity contribution in [2.45, 2.75) is 32.6 Å². The van der Waals surface area contributed by atoms with Crippen LogP contribution in [0, 0.1) is 6.92 Å². The lowest BCUT2D eigenvalue weighted by Crippen LogP contribution is -2.47. The third kappa shape index (κ3) is 5.46. The van der Waals surface area contributed by atoms with E-state index in [9.17, 15) is 4.79 Å². The van der Waals surface area contributed by atoms with Crippen LogP contribution in [0.25, 0.3) is 0 Å². The summed E-state index contributed by atoms with van der Waals surface area (Å²) in [6.07, 6.45) is 3.46. The molecule has 166 valence electrons. The Labute approximate surface area is 194 Å². The molecule has 2 aromatic carbocycles. The van der Waals surface area contributed by atoms with Crippen LogP contribution in [-0.2, 0) is 11.2 Å². The number of piperazine rings is 1. The van der Waals surface area contributed by atoms with E-state index in [0.717, 1.165) is 69.1 Å². The molecule has 0 aliphatic carbocycles. The van der Waals surface area contributed by atoms with E-state index in [0.29, 0.717) is 23.1 Å². The number of nitrogens with one attached hydrogen (secondary N) is 1. The fourth-order valence-electron chi connectivity index (χ4n) is 4.29. The highest BCUT2D eigenvalue weighted by Gasteiger charge is 2.21. The SMILES string of the molecule is Cc1ccc(Cl)c(Cl)c1N1CCN(CCCCOc2ccc3c(c2)NC(=O)CC3)CC1. The van der Waals surface area contributed by atoms with E-state index in [2.05, 4.69) is 28.1 Å². The summed E-state index contributed by atoms with van der Waals surface area (Å²) in [6.45, 7) is 7.79. The van der Waals surface area contributed by atoms with E-state index >= 15 is 0 Å². The van der Waals surface area contributed by atoms with Gasteiger partial charge < -0.3 is 15.0 Å². The quantitative estimate of drug-likeness (QED) is 0.577. The Morgan fingerprint density at radius 2 is 1.84 bits per heavy atom. The fourth-order valence-corrected chi connectivity index (χ4v) is 4.77. The minimum atomic E-state index is 0.0811. The predicted octanol–water partition coefficient (Wildman–Crippen LogP) is 5.17. The molecule has 1 fully saturated rings. The molecule has 0 atom stereocenters. The van der Waals surface area contributed by atoms with Gasteiger partial charge >= 0.3 is 0 Å². The van der Waals surface area contributed by atoms with Gasteiger partial charge in [0, 0.05) is 44.4 Å². The summed E-state index contributed by atoms with van der Waals surface area (Å²) < 4.78 is 5.90. The number of ether oxygens (including phenoxy) is 1. The van der Waals surface area contributed by atoms with E-state index < -0.39 is 0 Å². The Morgan fingerprint density at radius 1 is 1.03 bits per heavy atom. The van der Waals surface area contributed by atoms with Crippen LogP contribution in [-0.4, -0.2) is 50.1 Å². The number of halogens is 2. The molecule has 0 unspecified atom stereocenters. The topological polar surface area (TPSA) is 44.8 Å². The second-order valence-corrected chi connectivity index (χ2v) is 9.06. The summed E-state index contributed by atoms with van der Waals surface area (Å²) in [7, 11) is 0. The van der Waals surface area contributed by atoms with Crippen molar-refractivity contribution in [3.63, 3.8) is 0 Å². The van der Waals surface area contributed by atoms with Gasteiger partial charge in [-0.15, -0.1) is 0 Å². The summed E-state index contributed by atoms with van der Waals surface area (Å²) >= 11 is 12.7. The number of nitrogens with zero attached hydrogens (tertiary/aromatic N) is 2. The zero-order chi connectivity index (χ0) is 21.8. The smallest absolute Gasteiger partial charge is 0.224 e. The molecule has 1 N–H and O–H groups in total. The first-order chi connectivity index (χ1) is 15.0. The van der Waals surface area contributed by atoms with Gasteiger partial charge in [0.2, 0.25) is 5.91 Å². The van der Waals surface area contributed by atoms with Crippen LogP contribution >= 0.6 is 23.2 Å². The van der Waals surface area contributed by atoms with Crippen LogP contribution < -0.4 is 15.0 Å². The minimum absolute atomic E-state index is 0.0811. The van der Waals surface area contributed by atoms with E-state index in [4.69, 9.17) is 27.9 Å². The zero-order valence-electron chi connectivity index (χ0n) is 17.9. The molecule has 4 rings (SSSR count). The molecule has 2 heterocycles. The molecule has 2 aromatic rings. The molecular formula is C24H29Cl2N3O2. The number of hydrogen-bond donors (Lipinski definition) is 1. The highest BCUT2D eigenvalue weighted by atomic mass is 35.5. The lowest BCUT2D eigenvalue weighted by molar-refractivity contribution is -0.116. The second kappa shape index (κ2) is 10.1. The molecule has 0 bridgehead atoms. The number of carbonyl (C=O) groups excluding carboxylic acids is 1. The Kier molecular flexibility index (Phi) is 7.26. The lowest BCUT2D eigenvalue weighted by Gasteiger charge is -2.37. The van der Waals surface area contributed by atoms with Gasteiger partial charge in [0.15, 0.2) is 0 Å². The normalized spacial score (nSPS) is 16.7. The van der Waals surface area contributed by atoms with Crippen LogP contribution in [0.15, 0.2) is 30.3 Å². The van der Waals surface area contributed by atoms with E-state index in [1.165, 1.54) is 11.1 Å². The summed E-state index contributed by atoms with van der Waals surface area (Å²) in [5.41, 5.74) is 4.31. The van der Waals surface area contributed by atoms with Gasteiger partial charge in [0.1, 0.15) is 5.75 Å². The molecule has 0 spiro atoms. The summed E-state index contributed by atoms with van der Waals surface area (Å²) in [6, 6.07) is 9.89. The van der Waals surface area contributed by atoms with Crippen molar-refractivity contribution < 1.29 is 9.53 Å². The average molecular weight is 462 g/mol. The first-order valence-electron chi connectivity index (χ1n) is 11.0. The van der Waals surface area contributed by atoms with E-state index in [1.54, 1.807) is 0 Å².